The van der Waals surface area contributed by atoms with E-state index in [1.807, 2.05) is 30.3 Å². The lowest BCUT2D eigenvalue weighted by molar-refractivity contribution is -0.134. The minimum Gasteiger partial charge on any atom is -0.465 e. The van der Waals surface area contributed by atoms with Crippen LogP contribution >= 0.6 is 0 Å². The third-order valence-electron chi connectivity index (χ3n) is 5.98. The Hall–Kier alpha value is -3.94. The van der Waals surface area contributed by atoms with Crippen molar-refractivity contribution in [2.45, 2.75) is 17.4 Å². The Morgan fingerprint density at radius 2 is 1.63 bits per heavy atom. The molecule has 0 aromatic heterocycles. The summed E-state index contributed by atoms with van der Waals surface area (Å²) in [4.78, 5) is 27.4. The minimum absolute atomic E-state index is 0.0375. The summed E-state index contributed by atoms with van der Waals surface area (Å²) in [6.45, 7) is 0.624. The number of piperazine rings is 1. The van der Waals surface area contributed by atoms with E-state index in [1.54, 1.807) is 36.4 Å². The highest BCUT2D eigenvalue weighted by Crippen LogP contribution is 2.20. The summed E-state index contributed by atoms with van der Waals surface area (Å²) in [7, 11) is -4.06. The fraction of sp³-hybridized carbons (Fsp3) is 0.240. The third kappa shape index (κ3) is 5.59. The number of hydrogen-bond acceptors (Lipinski definition) is 5. The predicted molar refractivity (Wildman–Crippen MR) is 129 cm³/mol. The van der Waals surface area contributed by atoms with Crippen molar-refractivity contribution in [3.05, 3.63) is 77.9 Å². The number of carbonyl (C=O) groups is 2. The molecule has 1 unspecified atom stereocenters. The summed E-state index contributed by atoms with van der Waals surface area (Å²) in [6, 6.07) is 19.7. The van der Waals surface area contributed by atoms with Crippen molar-refractivity contribution in [3.63, 3.8) is 0 Å². The van der Waals surface area contributed by atoms with Gasteiger partial charge in [-0.25, -0.2) is 13.2 Å². The molecule has 1 aliphatic rings. The van der Waals surface area contributed by atoms with Gasteiger partial charge in [-0.3, -0.25) is 4.79 Å². The maximum absolute atomic E-state index is 13.4. The quantitative estimate of drug-likeness (QED) is 0.543. The average Bonchev–Trinajstić information content (AvgIpc) is 2.87. The molecule has 2 amide bonds. The number of carbonyl (C=O) groups excluding carboxylic acids is 1. The lowest BCUT2D eigenvalue weighted by Crippen LogP contribution is -2.56. The molecule has 0 aliphatic carbocycles. The van der Waals surface area contributed by atoms with Gasteiger partial charge in [0.2, 0.25) is 15.9 Å². The molecule has 1 fully saturated rings. The first kappa shape index (κ1) is 24.2. The number of hydrogen-bond donors (Lipinski definition) is 2. The van der Waals surface area contributed by atoms with Crippen LogP contribution in [0.15, 0.2) is 71.6 Å². The van der Waals surface area contributed by atoms with Gasteiger partial charge in [0.05, 0.1) is 16.5 Å². The largest absolute Gasteiger partial charge is 0.465 e. The van der Waals surface area contributed by atoms with Crippen LogP contribution in [-0.2, 0) is 21.2 Å². The van der Waals surface area contributed by atoms with E-state index in [9.17, 15) is 28.4 Å². The molecule has 0 spiro atoms. The van der Waals surface area contributed by atoms with Gasteiger partial charge in [-0.05, 0) is 47.0 Å². The fourth-order valence-corrected chi connectivity index (χ4v) is 5.34. The molecule has 1 atom stereocenters. The van der Waals surface area contributed by atoms with E-state index in [1.165, 1.54) is 15.9 Å². The Labute approximate surface area is 203 Å². The normalized spacial score (nSPS) is 14.9. The van der Waals surface area contributed by atoms with Crippen LogP contribution in [0.4, 0.5) is 4.79 Å². The van der Waals surface area contributed by atoms with E-state index in [-0.39, 0.29) is 37.5 Å². The van der Waals surface area contributed by atoms with Crippen molar-refractivity contribution in [2.24, 2.45) is 0 Å². The summed E-state index contributed by atoms with van der Waals surface area (Å²) in [5, 5.41) is 20.0. The second-order valence-corrected chi connectivity index (χ2v) is 10.0. The van der Waals surface area contributed by atoms with Crippen LogP contribution in [0.1, 0.15) is 11.1 Å². The van der Waals surface area contributed by atoms with E-state index in [0.29, 0.717) is 11.1 Å². The van der Waals surface area contributed by atoms with Crippen molar-refractivity contribution in [2.75, 3.05) is 26.2 Å². The van der Waals surface area contributed by atoms with Crippen molar-refractivity contribution < 1.29 is 23.1 Å². The van der Waals surface area contributed by atoms with Gasteiger partial charge in [-0.2, -0.15) is 9.98 Å². The second-order valence-electron chi connectivity index (χ2n) is 8.29. The molecular weight excluding hydrogens is 468 g/mol. The highest BCUT2D eigenvalue weighted by atomic mass is 32.2. The van der Waals surface area contributed by atoms with Crippen LogP contribution in [0.25, 0.3) is 10.8 Å². The Morgan fingerprint density at radius 1 is 0.943 bits per heavy atom. The van der Waals surface area contributed by atoms with Crippen LogP contribution in [0, 0.1) is 11.3 Å². The van der Waals surface area contributed by atoms with Crippen molar-refractivity contribution >= 4 is 32.8 Å². The van der Waals surface area contributed by atoms with Crippen LogP contribution in [0.2, 0.25) is 0 Å². The first-order valence-electron chi connectivity index (χ1n) is 11.0. The molecule has 4 rings (SSSR count). The molecule has 180 valence electrons. The highest BCUT2D eigenvalue weighted by Gasteiger charge is 2.32. The number of nitrogens with one attached hydrogen (secondary N) is 1. The third-order valence-corrected chi connectivity index (χ3v) is 7.45. The van der Waals surface area contributed by atoms with Crippen molar-refractivity contribution in [3.8, 4) is 6.07 Å². The first-order chi connectivity index (χ1) is 16.8. The van der Waals surface area contributed by atoms with E-state index in [2.05, 4.69) is 4.72 Å². The number of sulfonamides is 1. The molecule has 0 saturated carbocycles. The Balaban J connectivity index is 1.61. The SMILES string of the molecule is N#Cc1cccc(CC(NS(=O)(=O)c2ccc3ccccc3c2)C(=O)N2CCN(C(=O)O)CC2)c1. The number of benzene rings is 3. The minimum atomic E-state index is -4.06. The van der Waals surface area contributed by atoms with E-state index in [0.717, 1.165) is 10.8 Å². The Bertz CT molecular complexity index is 1410. The van der Waals surface area contributed by atoms with Gasteiger partial charge < -0.3 is 14.9 Å². The smallest absolute Gasteiger partial charge is 0.407 e. The number of carboxylic acid groups (broad SMARTS) is 1. The van der Waals surface area contributed by atoms with E-state index in [4.69, 9.17) is 0 Å². The summed E-state index contributed by atoms with van der Waals surface area (Å²) >= 11 is 0. The molecule has 0 bridgehead atoms. The van der Waals surface area contributed by atoms with Crippen LogP contribution < -0.4 is 4.72 Å². The van der Waals surface area contributed by atoms with E-state index >= 15 is 0 Å². The predicted octanol–water partition coefficient (Wildman–Crippen LogP) is 2.42. The second kappa shape index (κ2) is 10.1. The van der Waals surface area contributed by atoms with Gasteiger partial charge in [0, 0.05) is 26.2 Å². The molecule has 10 heteroatoms. The lowest BCUT2D eigenvalue weighted by atomic mass is 10.0. The van der Waals surface area contributed by atoms with E-state index < -0.39 is 28.1 Å². The molecular formula is C25H24N4O5S. The van der Waals surface area contributed by atoms with Gasteiger partial charge in [0.1, 0.15) is 6.04 Å². The average molecular weight is 493 g/mol. The zero-order valence-corrected chi connectivity index (χ0v) is 19.6. The highest BCUT2D eigenvalue weighted by molar-refractivity contribution is 7.89. The standard InChI is InChI=1S/C25H24N4O5S/c26-17-19-5-3-4-18(14-19)15-23(24(30)28-10-12-29(13-11-28)25(31)32)27-35(33,34)22-9-8-20-6-1-2-7-21(20)16-22/h1-9,14,16,23,27H,10-13,15H2,(H,31,32). The molecule has 3 aromatic rings. The molecule has 1 aliphatic heterocycles. The Morgan fingerprint density at radius 3 is 2.31 bits per heavy atom. The van der Waals surface area contributed by atoms with Gasteiger partial charge in [0.25, 0.3) is 0 Å². The molecule has 3 aromatic carbocycles. The lowest BCUT2D eigenvalue weighted by Gasteiger charge is -2.35. The number of nitriles is 1. The Kier molecular flexibility index (Phi) is 7.00. The number of amides is 2. The monoisotopic (exact) mass is 492 g/mol. The number of rotatable bonds is 6. The van der Waals surface area contributed by atoms with Gasteiger partial charge in [-0.1, -0.05) is 42.5 Å². The summed E-state index contributed by atoms with van der Waals surface area (Å²) in [5.41, 5.74) is 1.04. The molecule has 0 radical (unpaired) electrons. The van der Waals surface area contributed by atoms with Crippen LogP contribution in [-0.4, -0.2) is 67.5 Å². The maximum atomic E-state index is 13.4. The van der Waals surface area contributed by atoms with Crippen molar-refractivity contribution in [1.82, 2.24) is 14.5 Å². The van der Waals surface area contributed by atoms with Crippen molar-refractivity contribution in [1.29, 1.82) is 5.26 Å². The number of nitrogens with zero attached hydrogens (tertiary/aromatic N) is 3. The zero-order chi connectivity index (χ0) is 25.0. The van der Waals surface area contributed by atoms with Crippen LogP contribution in [0.3, 0.4) is 0 Å². The topological polar surface area (TPSA) is 131 Å². The summed E-state index contributed by atoms with van der Waals surface area (Å²) in [5.74, 6) is -0.443. The van der Waals surface area contributed by atoms with Crippen LogP contribution in [0.5, 0.6) is 0 Å². The maximum Gasteiger partial charge on any atom is 0.407 e. The fourth-order valence-electron chi connectivity index (χ4n) is 4.11. The molecule has 1 heterocycles. The molecule has 2 N–H and O–H groups in total. The first-order valence-corrected chi connectivity index (χ1v) is 12.5. The van der Waals surface area contributed by atoms with Gasteiger partial charge >= 0.3 is 6.09 Å². The van der Waals surface area contributed by atoms with Gasteiger partial charge in [-0.15, -0.1) is 0 Å². The number of fused-ring (bicyclic) bond motifs is 1. The zero-order valence-electron chi connectivity index (χ0n) is 18.8. The molecule has 9 nitrogen and oxygen atoms in total. The molecule has 1 saturated heterocycles. The summed E-state index contributed by atoms with van der Waals surface area (Å²) < 4.78 is 29.2. The summed E-state index contributed by atoms with van der Waals surface area (Å²) in [6.07, 6.45) is -1.01. The van der Waals surface area contributed by atoms with Gasteiger partial charge in [0.15, 0.2) is 0 Å². The molecule has 35 heavy (non-hydrogen) atoms.